The maximum absolute atomic E-state index is 13.2. The highest BCUT2D eigenvalue weighted by Gasteiger charge is 2.44. The molecule has 0 radical (unpaired) electrons. The molecule has 1 amide bonds. The third-order valence-corrected chi connectivity index (χ3v) is 15.5. The Balaban J connectivity index is 2.28. The molecule has 11 nitrogen and oxygen atoms in total. The van der Waals surface area contributed by atoms with Crippen LogP contribution in [0.3, 0.4) is 0 Å². The number of carbonyl (C=O) groups excluding carboxylic acids is 1. The molecule has 0 aromatic rings. The second-order valence-electron chi connectivity index (χ2n) is 22.5. The summed E-state index contributed by atoms with van der Waals surface area (Å²) in [7, 11) is 0. The highest BCUT2D eigenvalue weighted by Crippen LogP contribution is 2.24. The summed E-state index contributed by atoms with van der Waals surface area (Å²) in [5, 5.41) is 76.3. The van der Waals surface area contributed by atoms with Crippen LogP contribution in [0.5, 0.6) is 0 Å². The normalized spacial score (nSPS) is 19.9. The minimum Gasteiger partial charge on any atom is -0.394 e. The first kappa shape index (κ1) is 70.6. The van der Waals surface area contributed by atoms with Gasteiger partial charge in [-0.15, -0.1) is 0 Å². The van der Waals surface area contributed by atoms with Gasteiger partial charge in [0.2, 0.25) is 5.91 Å². The Hall–Kier alpha value is -1.41. The monoisotopic (exact) mass is 1050 g/mol. The number of amides is 1. The van der Waals surface area contributed by atoms with Crippen molar-refractivity contribution < 1.29 is 50.0 Å². The Morgan fingerprint density at radius 3 is 1.16 bits per heavy atom. The lowest BCUT2D eigenvalue weighted by Crippen LogP contribution is -2.60. The van der Waals surface area contributed by atoms with Crippen LogP contribution in [-0.2, 0) is 14.3 Å². The summed E-state index contributed by atoms with van der Waals surface area (Å²) < 4.78 is 11.2. The van der Waals surface area contributed by atoms with Gasteiger partial charge in [0, 0.05) is 0 Å². The Morgan fingerprint density at radius 1 is 0.459 bits per heavy atom. The molecule has 0 aromatic carbocycles. The molecular weight excluding hydrogens is 931 g/mol. The summed E-state index contributed by atoms with van der Waals surface area (Å²) in [5.41, 5.74) is 0. The molecule has 0 bridgehead atoms. The number of nitrogens with one attached hydrogen (secondary N) is 1. The highest BCUT2D eigenvalue weighted by atomic mass is 16.7. The number of aliphatic hydroxyl groups excluding tert-OH is 7. The van der Waals surface area contributed by atoms with E-state index in [2.05, 4.69) is 43.5 Å². The molecule has 74 heavy (non-hydrogen) atoms. The minimum atomic E-state index is -1.67. The lowest BCUT2D eigenvalue weighted by atomic mass is 9.98. The third-order valence-electron chi connectivity index (χ3n) is 15.5. The quantitative estimate of drug-likeness (QED) is 0.0215. The number of allylic oxidation sites excluding steroid dienone is 4. The molecular formula is C63H121NO10. The van der Waals surface area contributed by atoms with Crippen LogP contribution >= 0.6 is 0 Å². The fraction of sp³-hybridized carbons (Fsp3) is 0.921. The van der Waals surface area contributed by atoms with Crippen LogP contribution < -0.4 is 5.32 Å². The van der Waals surface area contributed by atoms with E-state index in [1.165, 1.54) is 205 Å². The van der Waals surface area contributed by atoms with Crippen LogP contribution in [0.15, 0.2) is 24.3 Å². The second-order valence-corrected chi connectivity index (χ2v) is 22.5. The second kappa shape index (κ2) is 52.3. The molecule has 1 saturated heterocycles. The first-order valence-electron chi connectivity index (χ1n) is 31.7. The Kier molecular flexibility index (Phi) is 49.9. The van der Waals surface area contributed by atoms with E-state index >= 15 is 0 Å². The molecule has 1 fully saturated rings. The van der Waals surface area contributed by atoms with Crippen molar-refractivity contribution in [2.75, 3.05) is 13.2 Å². The van der Waals surface area contributed by atoms with Gasteiger partial charge >= 0.3 is 0 Å². The molecule has 9 unspecified atom stereocenters. The zero-order chi connectivity index (χ0) is 54.0. The molecule has 0 aromatic heterocycles. The Labute approximate surface area is 454 Å². The lowest BCUT2D eigenvalue weighted by molar-refractivity contribution is -0.303. The van der Waals surface area contributed by atoms with Gasteiger partial charge in [-0.1, -0.05) is 263 Å². The molecule has 1 aliphatic heterocycles. The topological polar surface area (TPSA) is 189 Å². The number of hydrogen-bond donors (Lipinski definition) is 8. The first-order valence-corrected chi connectivity index (χ1v) is 31.7. The number of ether oxygens (including phenoxy) is 2. The molecule has 438 valence electrons. The fourth-order valence-corrected chi connectivity index (χ4v) is 10.3. The SMILES string of the molecule is CCCCCCCCCCCCCC/C=C\CCCCCCCCC(O)C(=O)NC(COC1OC(CO)C(O)C(O)C1O)C(O)C(O)CCC/C=C/CCCCCCCCCCCCCCCCCCCCCC. The molecule has 8 N–H and O–H groups in total. The molecule has 11 heteroatoms. The van der Waals surface area contributed by atoms with Crippen LogP contribution in [0.4, 0.5) is 0 Å². The van der Waals surface area contributed by atoms with Crippen molar-refractivity contribution in [3.05, 3.63) is 24.3 Å². The van der Waals surface area contributed by atoms with Gasteiger partial charge in [0.1, 0.15) is 36.6 Å². The molecule has 0 saturated carbocycles. The van der Waals surface area contributed by atoms with Gasteiger partial charge in [-0.25, -0.2) is 0 Å². The zero-order valence-electron chi connectivity index (χ0n) is 48.1. The van der Waals surface area contributed by atoms with Gasteiger partial charge in [0.15, 0.2) is 6.29 Å². The number of aliphatic hydroxyl groups is 7. The standard InChI is InChI=1S/C63H121NO10/c1-3-5-7-9-11-13-15-17-19-21-23-25-27-28-29-31-32-34-36-38-40-42-44-46-48-50-55(66)58(68)54(53-73-63-61(71)60(70)59(69)57(52-65)74-63)64-62(72)56(67)51-49-47-45-43-41-39-37-35-33-30-26-24-22-20-18-16-14-12-10-8-6-4-2/h33,35,42,44,54-61,63,65-71H,3-32,34,36-41,43,45-53H2,1-2H3,(H,64,72)/b35-33-,44-42+. The van der Waals surface area contributed by atoms with E-state index in [1.807, 2.05) is 0 Å². The summed E-state index contributed by atoms with van der Waals surface area (Å²) in [6, 6.07) is -1.19. The van der Waals surface area contributed by atoms with E-state index in [1.54, 1.807) is 0 Å². The van der Waals surface area contributed by atoms with Gasteiger partial charge in [0.05, 0.1) is 25.4 Å². The van der Waals surface area contributed by atoms with Crippen LogP contribution in [0.2, 0.25) is 0 Å². The number of rotatable bonds is 55. The predicted molar refractivity (Wildman–Crippen MR) is 307 cm³/mol. The average Bonchev–Trinajstić information content (AvgIpc) is 3.40. The molecule has 0 spiro atoms. The lowest BCUT2D eigenvalue weighted by Gasteiger charge is -2.40. The van der Waals surface area contributed by atoms with E-state index in [4.69, 9.17) is 9.47 Å². The zero-order valence-corrected chi connectivity index (χ0v) is 48.1. The van der Waals surface area contributed by atoms with Crippen molar-refractivity contribution in [1.29, 1.82) is 0 Å². The van der Waals surface area contributed by atoms with Crippen molar-refractivity contribution in [3.63, 3.8) is 0 Å². The summed E-state index contributed by atoms with van der Waals surface area (Å²) in [6.45, 7) is 3.48. The third kappa shape index (κ3) is 39.9. The number of hydrogen-bond acceptors (Lipinski definition) is 10. The fourth-order valence-electron chi connectivity index (χ4n) is 10.3. The van der Waals surface area contributed by atoms with Crippen molar-refractivity contribution in [3.8, 4) is 0 Å². The van der Waals surface area contributed by atoms with Gasteiger partial charge in [-0.2, -0.15) is 0 Å². The van der Waals surface area contributed by atoms with Gasteiger partial charge in [-0.05, 0) is 64.2 Å². The summed E-state index contributed by atoms with van der Waals surface area (Å²) in [5.74, 6) is -0.707. The molecule has 1 rings (SSSR count). The number of unbranched alkanes of at least 4 members (excludes halogenated alkanes) is 39. The van der Waals surface area contributed by atoms with E-state index < -0.39 is 74.2 Å². The average molecular weight is 1050 g/mol. The number of carbonyl (C=O) groups is 1. The Morgan fingerprint density at radius 2 is 0.797 bits per heavy atom. The van der Waals surface area contributed by atoms with E-state index in [0.717, 1.165) is 57.8 Å². The van der Waals surface area contributed by atoms with Crippen molar-refractivity contribution in [2.45, 2.75) is 358 Å². The maximum atomic E-state index is 13.2. The van der Waals surface area contributed by atoms with E-state index in [-0.39, 0.29) is 12.8 Å². The maximum Gasteiger partial charge on any atom is 0.249 e. The van der Waals surface area contributed by atoms with Crippen molar-refractivity contribution in [1.82, 2.24) is 5.32 Å². The van der Waals surface area contributed by atoms with E-state index in [0.29, 0.717) is 12.8 Å². The molecule has 1 heterocycles. The van der Waals surface area contributed by atoms with Crippen LogP contribution in [0, 0.1) is 0 Å². The summed E-state index contributed by atoms with van der Waals surface area (Å²) >= 11 is 0. The first-order chi connectivity index (χ1) is 36.2. The minimum absolute atomic E-state index is 0.249. The van der Waals surface area contributed by atoms with Crippen LogP contribution in [0.25, 0.3) is 0 Å². The molecule has 9 atom stereocenters. The highest BCUT2D eigenvalue weighted by molar-refractivity contribution is 5.80. The molecule has 0 aliphatic carbocycles. The van der Waals surface area contributed by atoms with Gasteiger partial charge < -0.3 is 50.5 Å². The van der Waals surface area contributed by atoms with E-state index in [9.17, 15) is 40.5 Å². The largest absolute Gasteiger partial charge is 0.394 e. The van der Waals surface area contributed by atoms with Crippen molar-refractivity contribution >= 4 is 5.91 Å². The van der Waals surface area contributed by atoms with Crippen molar-refractivity contribution in [2.24, 2.45) is 0 Å². The smallest absolute Gasteiger partial charge is 0.249 e. The summed E-state index contributed by atoms with van der Waals surface area (Å²) in [4.78, 5) is 13.2. The summed E-state index contributed by atoms with van der Waals surface area (Å²) in [6.07, 6.45) is 52.4. The van der Waals surface area contributed by atoms with Gasteiger partial charge in [-0.3, -0.25) is 4.79 Å². The van der Waals surface area contributed by atoms with Crippen LogP contribution in [-0.4, -0.2) is 110 Å². The van der Waals surface area contributed by atoms with Crippen LogP contribution in [0.1, 0.15) is 303 Å². The predicted octanol–water partition coefficient (Wildman–Crippen LogP) is 14.1. The molecule has 1 aliphatic rings. The van der Waals surface area contributed by atoms with Gasteiger partial charge in [0.25, 0.3) is 0 Å². The Bertz CT molecular complexity index is 1250.